The lowest BCUT2D eigenvalue weighted by Crippen LogP contribution is -2.33. The molecule has 0 bridgehead atoms. The second-order valence-electron chi connectivity index (χ2n) is 4.94. The van der Waals surface area contributed by atoms with Crippen LogP contribution in [0.3, 0.4) is 0 Å². The highest BCUT2D eigenvalue weighted by Gasteiger charge is 2.35. The monoisotopic (exact) mass is 235 g/mol. The van der Waals surface area contributed by atoms with Gasteiger partial charge < -0.3 is 9.67 Å². The van der Waals surface area contributed by atoms with Crippen molar-refractivity contribution in [1.82, 2.24) is 14.5 Å². The predicted octanol–water partition coefficient (Wildman–Crippen LogP) is 1.44. The summed E-state index contributed by atoms with van der Waals surface area (Å²) in [7, 11) is 0. The summed E-state index contributed by atoms with van der Waals surface area (Å²) in [6.07, 6.45) is 7.99. The predicted molar refractivity (Wildman–Crippen MR) is 61.7 cm³/mol. The molecule has 5 nitrogen and oxygen atoms in total. The smallest absolute Gasteiger partial charge is 0.327 e. The van der Waals surface area contributed by atoms with Gasteiger partial charge in [0.1, 0.15) is 0 Å². The van der Waals surface area contributed by atoms with Crippen LogP contribution < -0.4 is 0 Å². The normalized spacial score (nSPS) is 22.8. The van der Waals surface area contributed by atoms with Gasteiger partial charge in [0.25, 0.3) is 0 Å². The second kappa shape index (κ2) is 4.14. The van der Waals surface area contributed by atoms with E-state index in [2.05, 4.69) is 14.5 Å². The Morgan fingerprint density at radius 1 is 1.41 bits per heavy atom. The summed E-state index contributed by atoms with van der Waals surface area (Å²) >= 11 is 0. The van der Waals surface area contributed by atoms with Crippen molar-refractivity contribution in [3.8, 4) is 0 Å². The van der Waals surface area contributed by atoms with Crippen LogP contribution in [0, 0.1) is 0 Å². The third-order valence-corrected chi connectivity index (χ3v) is 3.66. The Labute approximate surface area is 100 Å². The number of rotatable bonds is 4. The third kappa shape index (κ3) is 1.95. The topological polar surface area (TPSA) is 58.4 Å². The van der Waals surface area contributed by atoms with Crippen LogP contribution in [0.1, 0.15) is 43.5 Å². The quantitative estimate of drug-likeness (QED) is 0.858. The Bertz CT molecular complexity index is 419. The molecule has 1 atom stereocenters. The molecule has 5 heteroatoms. The van der Waals surface area contributed by atoms with Crippen molar-refractivity contribution in [3.05, 3.63) is 18.2 Å². The van der Waals surface area contributed by atoms with E-state index in [1.165, 1.54) is 0 Å². The van der Waals surface area contributed by atoms with Gasteiger partial charge in [-0.05, 0) is 38.8 Å². The van der Waals surface area contributed by atoms with E-state index in [1.807, 2.05) is 0 Å². The van der Waals surface area contributed by atoms with Gasteiger partial charge in [0.2, 0.25) is 0 Å². The summed E-state index contributed by atoms with van der Waals surface area (Å²) in [4.78, 5) is 17.7. The summed E-state index contributed by atoms with van der Waals surface area (Å²) in [5.41, 5.74) is 0.849. The number of aromatic nitrogens is 2. The minimum Gasteiger partial charge on any atom is -0.480 e. The van der Waals surface area contributed by atoms with Gasteiger partial charge in [-0.3, -0.25) is 9.69 Å². The molecular weight excluding hydrogens is 218 g/mol. The number of imidazole rings is 1. The van der Waals surface area contributed by atoms with E-state index < -0.39 is 12.0 Å². The maximum atomic E-state index is 11.5. The lowest BCUT2D eigenvalue weighted by molar-refractivity contribution is -0.143. The average molecular weight is 235 g/mol. The van der Waals surface area contributed by atoms with Gasteiger partial charge in [-0.1, -0.05) is 0 Å². The number of carboxylic acids is 1. The number of carbonyl (C=O) groups is 1. The highest BCUT2D eigenvalue weighted by atomic mass is 16.4. The van der Waals surface area contributed by atoms with Gasteiger partial charge in [0, 0.05) is 6.04 Å². The van der Waals surface area contributed by atoms with Crippen molar-refractivity contribution in [2.45, 2.75) is 37.8 Å². The first-order valence-corrected chi connectivity index (χ1v) is 6.26. The number of likely N-dealkylation sites (tertiary alicyclic amines) is 1. The molecule has 1 saturated heterocycles. The van der Waals surface area contributed by atoms with E-state index in [9.17, 15) is 9.90 Å². The van der Waals surface area contributed by atoms with Gasteiger partial charge in [-0.25, -0.2) is 4.98 Å². The fourth-order valence-electron chi connectivity index (χ4n) is 2.65. The van der Waals surface area contributed by atoms with Crippen molar-refractivity contribution in [2.24, 2.45) is 0 Å². The molecule has 0 spiro atoms. The van der Waals surface area contributed by atoms with Gasteiger partial charge in [-0.15, -0.1) is 0 Å². The van der Waals surface area contributed by atoms with Crippen LogP contribution in [0.2, 0.25) is 0 Å². The molecule has 0 radical (unpaired) electrons. The molecule has 0 aromatic carbocycles. The summed E-state index contributed by atoms with van der Waals surface area (Å²) in [5, 5.41) is 9.45. The van der Waals surface area contributed by atoms with E-state index in [0.29, 0.717) is 6.04 Å². The number of nitrogens with zero attached hydrogens (tertiary/aromatic N) is 3. The van der Waals surface area contributed by atoms with Crippen molar-refractivity contribution >= 4 is 5.97 Å². The molecule has 2 heterocycles. The lowest BCUT2D eigenvalue weighted by Gasteiger charge is -2.24. The number of aliphatic carboxylic acids is 1. The number of hydrogen-bond donors (Lipinski definition) is 1. The van der Waals surface area contributed by atoms with E-state index in [0.717, 1.165) is 44.5 Å². The Morgan fingerprint density at radius 2 is 2.12 bits per heavy atom. The second-order valence-corrected chi connectivity index (χ2v) is 4.94. The van der Waals surface area contributed by atoms with Crippen molar-refractivity contribution in [3.63, 3.8) is 0 Å². The third-order valence-electron chi connectivity index (χ3n) is 3.66. The molecular formula is C12H17N3O2. The largest absolute Gasteiger partial charge is 0.480 e. The van der Waals surface area contributed by atoms with E-state index in [1.54, 1.807) is 12.5 Å². The van der Waals surface area contributed by atoms with Gasteiger partial charge in [-0.2, -0.15) is 0 Å². The molecule has 2 aliphatic rings. The molecule has 3 rings (SSSR count). The Balaban J connectivity index is 1.91. The summed E-state index contributed by atoms with van der Waals surface area (Å²) in [6, 6.07) is -0.0300. The van der Waals surface area contributed by atoms with Crippen molar-refractivity contribution < 1.29 is 9.90 Å². The van der Waals surface area contributed by atoms with Crippen LogP contribution in [-0.4, -0.2) is 38.6 Å². The van der Waals surface area contributed by atoms with Gasteiger partial charge in [0.05, 0.1) is 18.2 Å². The molecule has 1 aromatic rings. The molecule has 1 unspecified atom stereocenters. The van der Waals surface area contributed by atoms with Crippen LogP contribution in [0.25, 0.3) is 0 Å². The van der Waals surface area contributed by atoms with E-state index in [-0.39, 0.29) is 0 Å². The minimum absolute atomic E-state index is 0.483. The van der Waals surface area contributed by atoms with E-state index in [4.69, 9.17) is 0 Å². The standard InChI is InChI=1S/C12H17N3O2/c16-12(17)11(14-5-1-2-6-14)10-7-13-8-15(10)9-3-4-9/h7-9,11H,1-6H2,(H,16,17). The zero-order valence-electron chi connectivity index (χ0n) is 9.75. The molecule has 0 amide bonds. The summed E-state index contributed by atoms with van der Waals surface area (Å²) < 4.78 is 2.05. The molecule has 92 valence electrons. The molecule has 1 N–H and O–H groups in total. The van der Waals surface area contributed by atoms with Crippen molar-refractivity contribution in [1.29, 1.82) is 0 Å². The first-order valence-electron chi connectivity index (χ1n) is 6.26. The number of hydrogen-bond acceptors (Lipinski definition) is 3. The Kier molecular flexibility index (Phi) is 2.63. The maximum Gasteiger partial charge on any atom is 0.327 e. The zero-order chi connectivity index (χ0) is 11.8. The summed E-state index contributed by atoms with van der Waals surface area (Å²) in [6.45, 7) is 1.76. The molecule has 1 aromatic heterocycles. The average Bonchev–Trinajstić information content (AvgIpc) is 2.81. The highest BCUT2D eigenvalue weighted by molar-refractivity contribution is 5.75. The van der Waals surface area contributed by atoms with Gasteiger partial charge in [0.15, 0.2) is 6.04 Å². The first kappa shape index (κ1) is 10.8. The highest BCUT2D eigenvalue weighted by Crippen LogP contribution is 2.38. The fraction of sp³-hybridized carbons (Fsp3) is 0.667. The Hall–Kier alpha value is -1.36. The SMILES string of the molecule is O=C(O)C(c1cncn1C1CC1)N1CCCC1. The molecule has 17 heavy (non-hydrogen) atoms. The zero-order valence-corrected chi connectivity index (χ0v) is 9.75. The van der Waals surface area contributed by atoms with E-state index >= 15 is 0 Å². The first-order chi connectivity index (χ1) is 8.27. The Morgan fingerprint density at radius 3 is 2.71 bits per heavy atom. The molecule has 1 saturated carbocycles. The lowest BCUT2D eigenvalue weighted by atomic mass is 10.2. The van der Waals surface area contributed by atoms with Crippen LogP contribution in [-0.2, 0) is 4.79 Å². The maximum absolute atomic E-state index is 11.5. The molecule has 2 fully saturated rings. The van der Waals surface area contributed by atoms with Crippen LogP contribution in [0.5, 0.6) is 0 Å². The van der Waals surface area contributed by atoms with Crippen LogP contribution in [0.15, 0.2) is 12.5 Å². The van der Waals surface area contributed by atoms with Crippen molar-refractivity contribution in [2.75, 3.05) is 13.1 Å². The summed E-state index contributed by atoms with van der Waals surface area (Å²) in [5.74, 6) is -0.755. The molecule has 1 aliphatic heterocycles. The van der Waals surface area contributed by atoms with Crippen LogP contribution >= 0.6 is 0 Å². The fourth-order valence-corrected chi connectivity index (χ4v) is 2.65. The van der Waals surface area contributed by atoms with Crippen LogP contribution in [0.4, 0.5) is 0 Å². The van der Waals surface area contributed by atoms with Gasteiger partial charge >= 0.3 is 5.97 Å². The number of carboxylic acid groups (broad SMARTS) is 1. The minimum atomic E-state index is -0.755. The molecule has 1 aliphatic carbocycles.